The van der Waals surface area contributed by atoms with E-state index in [0.717, 1.165) is 57.7 Å². The summed E-state index contributed by atoms with van der Waals surface area (Å²) in [6, 6.07) is 6.61. The highest BCUT2D eigenvalue weighted by Gasteiger charge is 2.23. The lowest BCUT2D eigenvalue weighted by atomic mass is 9.98. The number of hydrogen-bond donors (Lipinski definition) is 0. The Balaban J connectivity index is 1.22. The van der Waals surface area contributed by atoms with E-state index in [0.29, 0.717) is 12.5 Å². The lowest BCUT2D eigenvalue weighted by Gasteiger charge is -2.33. The summed E-state index contributed by atoms with van der Waals surface area (Å²) < 4.78 is 6.13. The fourth-order valence-corrected chi connectivity index (χ4v) is 4.66. The molecule has 0 aromatic heterocycles. The first kappa shape index (κ1) is 18.9. The van der Waals surface area contributed by atoms with Crippen molar-refractivity contribution in [2.45, 2.75) is 51.2 Å². The number of aryl methyl sites for hydroxylation is 1. The lowest BCUT2D eigenvalue weighted by Crippen LogP contribution is -2.37. The molecule has 3 heterocycles. The maximum absolute atomic E-state index is 11.8. The zero-order valence-corrected chi connectivity index (χ0v) is 16.7. The van der Waals surface area contributed by atoms with E-state index in [9.17, 15) is 4.79 Å². The molecule has 2 saturated heterocycles. The van der Waals surface area contributed by atoms with Crippen LogP contribution < -0.4 is 4.90 Å². The van der Waals surface area contributed by atoms with E-state index in [1.165, 1.54) is 37.1 Å². The van der Waals surface area contributed by atoms with E-state index in [1.807, 2.05) is 7.05 Å². The van der Waals surface area contributed by atoms with Gasteiger partial charge in [0.2, 0.25) is 5.91 Å². The van der Waals surface area contributed by atoms with Gasteiger partial charge in [-0.15, -0.1) is 0 Å². The van der Waals surface area contributed by atoms with E-state index < -0.39 is 0 Å². The second-order valence-corrected chi connectivity index (χ2v) is 8.31. The van der Waals surface area contributed by atoms with E-state index in [2.05, 4.69) is 28.0 Å². The summed E-state index contributed by atoms with van der Waals surface area (Å²) in [5.74, 6) is 0.224. The van der Waals surface area contributed by atoms with Gasteiger partial charge in [0.25, 0.3) is 0 Å². The molecule has 0 unspecified atom stereocenters. The maximum Gasteiger partial charge on any atom is 0.227 e. The molecule has 0 saturated carbocycles. The van der Waals surface area contributed by atoms with Crippen LogP contribution in [0.15, 0.2) is 18.2 Å². The highest BCUT2D eigenvalue weighted by atomic mass is 16.5. The molecule has 5 heteroatoms. The van der Waals surface area contributed by atoms with Crippen LogP contribution >= 0.6 is 0 Å². The average Bonchev–Trinajstić information content (AvgIpc) is 3.20. The molecule has 148 valence electrons. The molecule has 5 nitrogen and oxygen atoms in total. The monoisotopic (exact) mass is 371 g/mol. The summed E-state index contributed by atoms with van der Waals surface area (Å²) >= 11 is 0. The number of nitrogens with zero attached hydrogens (tertiary/aromatic N) is 3. The summed E-state index contributed by atoms with van der Waals surface area (Å²) in [7, 11) is 1.88. The summed E-state index contributed by atoms with van der Waals surface area (Å²) in [5, 5.41) is 0. The van der Waals surface area contributed by atoms with E-state index in [-0.39, 0.29) is 5.91 Å². The predicted octanol–water partition coefficient (Wildman–Crippen LogP) is 2.67. The second-order valence-electron chi connectivity index (χ2n) is 8.31. The molecule has 1 aromatic carbocycles. The van der Waals surface area contributed by atoms with Crippen molar-refractivity contribution >= 4 is 11.6 Å². The van der Waals surface area contributed by atoms with Crippen molar-refractivity contribution in [3.63, 3.8) is 0 Å². The Bertz CT molecular complexity index is 649. The number of amides is 1. The van der Waals surface area contributed by atoms with Crippen molar-refractivity contribution < 1.29 is 9.53 Å². The molecule has 4 rings (SSSR count). The molecule has 0 spiro atoms. The van der Waals surface area contributed by atoms with Crippen LogP contribution in [-0.4, -0.2) is 68.2 Å². The number of carbonyl (C=O) groups excluding carboxylic acids is 1. The standard InChI is InChI=1S/C22H33N3O2/c1-23-21-6-4-18(16-19(21)5-7-22(23)26)17-25-12-8-20(9-13-25)27-15-14-24-10-2-3-11-24/h4,6,16,20H,2-3,5,7-15,17H2,1H3. The van der Waals surface area contributed by atoms with Gasteiger partial charge in [0.15, 0.2) is 0 Å². The zero-order valence-electron chi connectivity index (χ0n) is 16.7. The van der Waals surface area contributed by atoms with Gasteiger partial charge in [-0.25, -0.2) is 0 Å². The topological polar surface area (TPSA) is 36.0 Å². The molecule has 27 heavy (non-hydrogen) atoms. The van der Waals surface area contributed by atoms with Gasteiger partial charge in [0, 0.05) is 45.3 Å². The van der Waals surface area contributed by atoms with Crippen molar-refractivity contribution in [3.8, 4) is 0 Å². The average molecular weight is 372 g/mol. The Morgan fingerprint density at radius 3 is 2.59 bits per heavy atom. The molecule has 0 atom stereocenters. The van der Waals surface area contributed by atoms with Crippen molar-refractivity contribution in [1.82, 2.24) is 9.80 Å². The first-order valence-electron chi connectivity index (χ1n) is 10.6. The van der Waals surface area contributed by atoms with Gasteiger partial charge in [0.05, 0.1) is 12.7 Å². The molecule has 2 fully saturated rings. The minimum atomic E-state index is 0.224. The van der Waals surface area contributed by atoms with Crippen LogP contribution in [0.4, 0.5) is 5.69 Å². The number of likely N-dealkylation sites (tertiary alicyclic amines) is 2. The summed E-state index contributed by atoms with van der Waals surface area (Å²) in [5.41, 5.74) is 3.76. The highest BCUT2D eigenvalue weighted by Crippen LogP contribution is 2.28. The number of ether oxygens (including phenoxy) is 1. The van der Waals surface area contributed by atoms with Crippen LogP contribution in [0.3, 0.4) is 0 Å². The molecule has 3 aliphatic rings. The van der Waals surface area contributed by atoms with Crippen LogP contribution in [0.1, 0.15) is 43.2 Å². The van der Waals surface area contributed by atoms with Gasteiger partial charge in [-0.3, -0.25) is 9.69 Å². The van der Waals surface area contributed by atoms with Crippen molar-refractivity contribution in [3.05, 3.63) is 29.3 Å². The molecule has 0 aliphatic carbocycles. The third kappa shape index (κ3) is 4.71. The van der Waals surface area contributed by atoms with Gasteiger partial charge < -0.3 is 14.5 Å². The largest absolute Gasteiger partial charge is 0.377 e. The minimum absolute atomic E-state index is 0.224. The van der Waals surface area contributed by atoms with Gasteiger partial charge in [-0.1, -0.05) is 12.1 Å². The number of fused-ring (bicyclic) bond motifs is 1. The molecule has 1 aromatic rings. The Labute approximate surface area is 163 Å². The number of carbonyl (C=O) groups is 1. The minimum Gasteiger partial charge on any atom is -0.377 e. The highest BCUT2D eigenvalue weighted by molar-refractivity contribution is 5.95. The number of hydrogen-bond acceptors (Lipinski definition) is 4. The summed E-state index contributed by atoms with van der Waals surface area (Å²) in [4.78, 5) is 18.7. The van der Waals surface area contributed by atoms with Crippen LogP contribution in [0.25, 0.3) is 0 Å². The van der Waals surface area contributed by atoms with Gasteiger partial charge in [-0.2, -0.15) is 0 Å². The van der Waals surface area contributed by atoms with E-state index in [4.69, 9.17) is 4.74 Å². The second kappa shape index (κ2) is 8.72. The number of anilines is 1. The number of benzene rings is 1. The first-order valence-corrected chi connectivity index (χ1v) is 10.6. The fourth-order valence-electron chi connectivity index (χ4n) is 4.66. The summed E-state index contributed by atoms with van der Waals surface area (Å²) in [6.07, 6.45) is 6.94. The van der Waals surface area contributed by atoms with Crippen LogP contribution in [0.2, 0.25) is 0 Å². The van der Waals surface area contributed by atoms with Gasteiger partial charge in [-0.05, 0) is 62.4 Å². The number of piperidine rings is 1. The van der Waals surface area contributed by atoms with Crippen molar-refractivity contribution in [1.29, 1.82) is 0 Å². The Morgan fingerprint density at radius 2 is 1.81 bits per heavy atom. The lowest BCUT2D eigenvalue weighted by molar-refractivity contribution is -0.118. The van der Waals surface area contributed by atoms with E-state index >= 15 is 0 Å². The Kier molecular flexibility index (Phi) is 6.11. The predicted molar refractivity (Wildman–Crippen MR) is 108 cm³/mol. The van der Waals surface area contributed by atoms with Gasteiger partial charge in [0.1, 0.15) is 0 Å². The quantitative estimate of drug-likeness (QED) is 0.770. The molecular weight excluding hydrogens is 338 g/mol. The number of rotatable bonds is 6. The van der Waals surface area contributed by atoms with Crippen LogP contribution in [0.5, 0.6) is 0 Å². The zero-order chi connectivity index (χ0) is 18.6. The molecule has 0 radical (unpaired) electrons. The molecule has 0 bridgehead atoms. The maximum atomic E-state index is 11.8. The van der Waals surface area contributed by atoms with Gasteiger partial charge >= 0.3 is 0 Å². The fraction of sp³-hybridized carbons (Fsp3) is 0.682. The first-order chi connectivity index (χ1) is 13.2. The normalized spacial score (nSPS) is 22.4. The molecule has 3 aliphatic heterocycles. The Hall–Kier alpha value is -1.43. The van der Waals surface area contributed by atoms with Crippen molar-refractivity contribution in [2.24, 2.45) is 0 Å². The SMILES string of the molecule is CN1C(=O)CCc2cc(CN3CCC(OCCN4CCCC4)CC3)ccc21. The van der Waals surface area contributed by atoms with Crippen LogP contribution in [-0.2, 0) is 22.5 Å². The summed E-state index contributed by atoms with van der Waals surface area (Å²) in [6.45, 7) is 7.74. The molecule has 1 amide bonds. The smallest absolute Gasteiger partial charge is 0.227 e. The Morgan fingerprint density at radius 1 is 1.04 bits per heavy atom. The third-order valence-corrected chi connectivity index (χ3v) is 6.39. The molecule has 0 N–H and O–H groups in total. The van der Waals surface area contributed by atoms with E-state index in [1.54, 1.807) is 4.90 Å². The van der Waals surface area contributed by atoms with Crippen molar-refractivity contribution in [2.75, 3.05) is 51.3 Å². The third-order valence-electron chi connectivity index (χ3n) is 6.39. The van der Waals surface area contributed by atoms with Crippen LogP contribution in [0, 0.1) is 0 Å². The molecular formula is C22H33N3O2.